The van der Waals surface area contributed by atoms with E-state index in [1.54, 1.807) is 0 Å². The van der Waals surface area contributed by atoms with E-state index >= 15 is 0 Å². The van der Waals surface area contributed by atoms with Crippen LogP contribution in [-0.2, 0) is 0 Å². The molecule has 0 radical (unpaired) electrons. The van der Waals surface area contributed by atoms with Crippen molar-refractivity contribution in [3.05, 3.63) is 59.8 Å². The summed E-state index contributed by atoms with van der Waals surface area (Å²) in [7, 11) is 1.27. The van der Waals surface area contributed by atoms with Crippen molar-refractivity contribution in [1.82, 2.24) is 4.33 Å². The molecule has 0 aliphatic rings. The third-order valence-corrected chi connectivity index (χ3v) is 5.14. The third kappa shape index (κ3) is 2.63. The van der Waals surface area contributed by atoms with Gasteiger partial charge in [-0.3, -0.25) is 4.33 Å². The van der Waals surface area contributed by atoms with Gasteiger partial charge < -0.3 is 0 Å². The van der Waals surface area contributed by atoms with Crippen molar-refractivity contribution in [3.8, 4) is 5.69 Å². The first-order valence-electron chi connectivity index (χ1n) is 7.65. The molecule has 2 aromatic carbocycles. The Labute approximate surface area is 128 Å². The summed E-state index contributed by atoms with van der Waals surface area (Å²) >= 11 is 0. The minimum absolute atomic E-state index is 0.533. The molecule has 0 aliphatic heterocycles. The summed E-state index contributed by atoms with van der Waals surface area (Å²) in [5.41, 5.74) is 4.29. The molecule has 3 rings (SSSR count). The summed E-state index contributed by atoms with van der Waals surface area (Å²) in [6.45, 7) is 9.12. The molecule has 0 atom stereocenters. The molecule has 0 bridgehead atoms. The zero-order chi connectivity index (χ0) is 15.0. The smallest absolute Gasteiger partial charge is 0.0559 e. The van der Waals surface area contributed by atoms with Gasteiger partial charge in [0.25, 0.3) is 0 Å². The predicted molar refractivity (Wildman–Crippen MR) is 94.0 cm³/mol. The Morgan fingerprint density at radius 2 is 1.43 bits per heavy atom. The molecule has 0 saturated carbocycles. The van der Waals surface area contributed by atoms with Crippen molar-refractivity contribution in [1.29, 1.82) is 0 Å². The van der Waals surface area contributed by atoms with E-state index in [2.05, 4.69) is 80.7 Å². The van der Waals surface area contributed by atoms with E-state index in [1.807, 2.05) is 0 Å². The van der Waals surface area contributed by atoms with Crippen LogP contribution in [0.1, 0.15) is 50.7 Å². The topological polar surface area (TPSA) is 4.93 Å². The van der Waals surface area contributed by atoms with Gasteiger partial charge in [-0.25, -0.2) is 0 Å². The van der Waals surface area contributed by atoms with Gasteiger partial charge in [0.1, 0.15) is 0 Å². The number of benzene rings is 2. The fourth-order valence-electron chi connectivity index (χ4n) is 2.86. The molecule has 3 aromatic rings. The zero-order valence-corrected chi connectivity index (χ0v) is 14.1. The average molecular weight is 295 g/mol. The monoisotopic (exact) mass is 295 g/mol. The van der Waals surface area contributed by atoms with Crippen molar-refractivity contribution in [2.75, 3.05) is 0 Å². The molecule has 0 saturated heterocycles. The van der Waals surface area contributed by atoms with E-state index in [-0.39, 0.29) is 0 Å². The maximum atomic E-state index is 2.41. The van der Waals surface area contributed by atoms with E-state index < -0.39 is 0 Å². The van der Waals surface area contributed by atoms with Crippen LogP contribution in [0.5, 0.6) is 0 Å². The minimum atomic E-state index is 0.533. The minimum Gasteiger partial charge on any atom is -0.298 e. The van der Waals surface area contributed by atoms with Gasteiger partial charge in [-0.1, -0.05) is 64.1 Å². The van der Waals surface area contributed by atoms with Gasteiger partial charge in [-0.15, -0.1) is 0 Å². The van der Waals surface area contributed by atoms with Gasteiger partial charge in [0, 0.05) is 25.1 Å². The van der Waals surface area contributed by atoms with E-state index in [0.29, 0.717) is 11.8 Å². The summed E-state index contributed by atoms with van der Waals surface area (Å²) in [6, 6.07) is 15.4. The van der Waals surface area contributed by atoms with Crippen molar-refractivity contribution in [3.63, 3.8) is 0 Å². The number of aromatic nitrogens is 1. The molecule has 0 amide bonds. The van der Waals surface area contributed by atoms with Crippen LogP contribution in [0.3, 0.4) is 0 Å². The van der Waals surface area contributed by atoms with Crippen molar-refractivity contribution in [2.45, 2.75) is 39.5 Å². The van der Waals surface area contributed by atoms with Crippen LogP contribution in [0.25, 0.3) is 16.2 Å². The lowest BCUT2D eigenvalue weighted by Gasteiger charge is -2.19. The van der Waals surface area contributed by atoms with Gasteiger partial charge in [0.15, 0.2) is 0 Å². The highest BCUT2D eigenvalue weighted by molar-refractivity contribution is 7.33. The normalized spacial score (nSPS) is 12.1. The molecular weight excluding hydrogens is 273 g/mol. The van der Waals surface area contributed by atoms with E-state index in [4.69, 9.17) is 0 Å². The van der Waals surface area contributed by atoms with Gasteiger partial charge in [-0.05, 0) is 29.0 Å². The lowest BCUT2D eigenvalue weighted by molar-refractivity contribution is 0.817. The lowest BCUT2D eigenvalue weighted by Crippen LogP contribution is -2.03. The molecule has 1 aromatic heterocycles. The van der Waals surface area contributed by atoms with Crippen molar-refractivity contribution < 1.29 is 0 Å². The molecule has 0 aliphatic carbocycles. The van der Waals surface area contributed by atoms with Gasteiger partial charge in [-0.2, -0.15) is 0 Å². The maximum absolute atomic E-state index is 2.41. The van der Waals surface area contributed by atoms with Crippen LogP contribution >= 0.6 is 8.35 Å². The fourth-order valence-corrected chi connectivity index (χ4v) is 4.00. The van der Waals surface area contributed by atoms with Crippen LogP contribution in [-0.4, -0.2) is 4.33 Å². The standard InChI is InChI=1S/C19H22NP/c1-13(2)16-9-7-10-17(14(3)4)19(16)20-12-15-8-5-6-11-18(15)21-20/h5-14H,1-4H3. The largest absolute Gasteiger partial charge is 0.298 e. The van der Waals surface area contributed by atoms with Crippen LogP contribution in [0.2, 0.25) is 0 Å². The molecule has 0 fully saturated rings. The molecule has 0 spiro atoms. The Morgan fingerprint density at radius 3 is 2.00 bits per heavy atom. The Kier molecular flexibility index (Phi) is 3.87. The highest BCUT2D eigenvalue weighted by Gasteiger charge is 2.15. The summed E-state index contributed by atoms with van der Waals surface area (Å²) in [6.07, 6.45) is 2.30. The first-order chi connectivity index (χ1) is 10.1. The molecule has 0 N–H and O–H groups in total. The summed E-state index contributed by atoms with van der Waals surface area (Å²) in [5.74, 6) is 1.07. The number of para-hydroxylation sites is 1. The molecule has 0 unspecified atom stereocenters. The Morgan fingerprint density at radius 1 is 0.810 bits per heavy atom. The Balaban J connectivity index is 2.28. The van der Waals surface area contributed by atoms with Crippen LogP contribution in [0.4, 0.5) is 0 Å². The van der Waals surface area contributed by atoms with Gasteiger partial charge in [0.2, 0.25) is 0 Å². The van der Waals surface area contributed by atoms with Crippen LogP contribution in [0.15, 0.2) is 48.7 Å². The highest BCUT2D eigenvalue weighted by Crippen LogP contribution is 2.36. The number of fused-ring (bicyclic) bond motifs is 1. The average Bonchev–Trinajstić information content (AvgIpc) is 2.89. The molecule has 1 heterocycles. The highest BCUT2D eigenvalue weighted by atomic mass is 31.0. The number of hydrogen-bond acceptors (Lipinski definition) is 0. The predicted octanol–water partition coefficient (Wildman–Crippen LogP) is 6.46. The maximum Gasteiger partial charge on any atom is 0.0559 e. The van der Waals surface area contributed by atoms with Gasteiger partial charge in [0.05, 0.1) is 5.69 Å². The third-order valence-electron chi connectivity index (χ3n) is 3.99. The molecule has 1 nitrogen and oxygen atoms in total. The van der Waals surface area contributed by atoms with E-state index in [0.717, 1.165) is 0 Å². The second-order valence-electron chi connectivity index (χ2n) is 6.23. The van der Waals surface area contributed by atoms with E-state index in [1.165, 1.54) is 35.7 Å². The van der Waals surface area contributed by atoms with Crippen LogP contribution in [0, 0.1) is 0 Å². The SMILES string of the molecule is CC(C)c1cccc(C(C)C)c1-n1cc2ccccc2p1. The van der Waals surface area contributed by atoms with E-state index in [9.17, 15) is 0 Å². The number of hydrogen-bond donors (Lipinski definition) is 0. The quantitative estimate of drug-likeness (QED) is 0.522. The first kappa shape index (κ1) is 14.4. The number of nitrogens with zero attached hydrogens (tertiary/aromatic N) is 1. The molecule has 21 heavy (non-hydrogen) atoms. The fraction of sp³-hybridized carbons (Fsp3) is 0.316. The second-order valence-corrected chi connectivity index (χ2v) is 7.34. The summed E-state index contributed by atoms with van der Waals surface area (Å²) in [5, 5.41) is 2.73. The second kappa shape index (κ2) is 5.66. The Bertz CT molecular complexity index is 709. The first-order valence-corrected chi connectivity index (χ1v) is 8.50. The lowest BCUT2D eigenvalue weighted by atomic mass is 9.93. The molecule has 2 heteroatoms. The van der Waals surface area contributed by atoms with Gasteiger partial charge >= 0.3 is 0 Å². The summed E-state index contributed by atoms with van der Waals surface area (Å²) in [4.78, 5) is 0. The zero-order valence-electron chi connectivity index (χ0n) is 13.2. The Hall–Kier alpha value is -1.59. The van der Waals surface area contributed by atoms with Crippen molar-refractivity contribution >= 4 is 18.9 Å². The summed E-state index contributed by atoms with van der Waals surface area (Å²) < 4.78 is 2.41. The molecular formula is C19H22NP. The van der Waals surface area contributed by atoms with Crippen LogP contribution < -0.4 is 0 Å². The molecule has 108 valence electrons. The number of rotatable bonds is 3. The van der Waals surface area contributed by atoms with Crippen molar-refractivity contribution in [2.24, 2.45) is 0 Å².